The lowest BCUT2D eigenvalue weighted by Gasteiger charge is -2.11. The van der Waals surface area contributed by atoms with Gasteiger partial charge in [0, 0.05) is 12.3 Å². The molecule has 0 bridgehead atoms. The van der Waals surface area contributed by atoms with Crippen molar-refractivity contribution in [2.24, 2.45) is 0 Å². The number of sulfone groups is 1. The van der Waals surface area contributed by atoms with Gasteiger partial charge in [0.15, 0.2) is 9.84 Å². The third-order valence-electron chi connectivity index (χ3n) is 3.30. The molecule has 2 aromatic carbocycles. The zero-order valence-electron chi connectivity index (χ0n) is 12.3. The molecule has 0 amide bonds. The average Bonchev–Trinajstić information content (AvgIpc) is 2.47. The lowest BCUT2D eigenvalue weighted by Crippen LogP contribution is -2.11. The van der Waals surface area contributed by atoms with Crippen LogP contribution in [0.15, 0.2) is 53.4 Å². The van der Waals surface area contributed by atoms with Crippen molar-refractivity contribution in [2.75, 3.05) is 13.3 Å². The minimum atomic E-state index is -3.17. The maximum atomic E-state index is 11.4. The van der Waals surface area contributed by atoms with Crippen LogP contribution >= 0.6 is 0 Å². The first-order valence-electron chi connectivity index (χ1n) is 6.65. The summed E-state index contributed by atoms with van der Waals surface area (Å²) in [4.78, 5) is 0.285. The van der Waals surface area contributed by atoms with E-state index in [-0.39, 0.29) is 10.9 Å². The maximum absolute atomic E-state index is 11.4. The Morgan fingerprint density at radius 2 is 1.43 bits per heavy atom. The molecule has 112 valence electrons. The van der Waals surface area contributed by atoms with Crippen molar-refractivity contribution >= 4 is 9.84 Å². The fraction of sp³-hybridized carbons (Fsp3) is 0.250. The van der Waals surface area contributed by atoms with Crippen LogP contribution in [0.1, 0.15) is 18.5 Å². The highest BCUT2D eigenvalue weighted by Gasteiger charge is 2.07. The van der Waals surface area contributed by atoms with Gasteiger partial charge in [0.2, 0.25) is 0 Å². The predicted octanol–water partition coefficient (Wildman–Crippen LogP) is 3.16. The lowest BCUT2D eigenvalue weighted by atomic mass is 10.1. The van der Waals surface area contributed by atoms with Crippen molar-refractivity contribution in [3.05, 3.63) is 54.1 Å². The summed E-state index contributed by atoms with van der Waals surface area (Å²) < 4.78 is 28.5. The Balaban J connectivity index is 2.11. The van der Waals surface area contributed by atoms with Crippen molar-refractivity contribution in [2.45, 2.75) is 17.9 Å². The van der Waals surface area contributed by atoms with Gasteiger partial charge in [-0.05, 0) is 55.9 Å². The van der Waals surface area contributed by atoms with Gasteiger partial charge < -0.3 is 10.1 Å². The number of hydrogen-bond donors (Lipinski definition) is 1. The van der Waals surface area contributed by atoms with Crippen LogP contribution < -0.4 is 10.1 Å². The number of rotatable bonds is 5. The van der Waals surface area contributed by atoms with Gasteiger partial charge in [-0.25, -0.2) is 8.42 Å². The lowest BCUT2D eigenvalue weighted by molar-refractivity contribution is 0.481. The molecule has 2 rings (SSSR count). The second-order valence-electron chi connectivity index (χ2n) is 4.93. The van der Waals surface area contributed by atoms with Gasteiger partial charge in [-0.3, -0.25) is 0 Å². The zero-order chi connectivity index (χ0) is 15.5. The van der Waals surface area contributed by atoms with E-state index in [1.165, 1.54) is 11.8 Å². The van der Waals surface area contributed by atoms with Crippen molar-refractivity contribution in [1.82, 2.24) is 5.32 Å². The summed E-state index contributed by atoms with van der Waals surface area (Å²) in [6.07, 6.45) is 1.19. The molecule has 0 radical (unpaired) electrons. The zero-order valence-corrected chi connectivity index (χ0v) is 13.1. The van der Waals surface area contributed by atoms with Crippen LogP contribution in [-0.2, 0) is 9.84 Å². The summed E-state index contributed by atoms with van der Waals surface area (Å²) in [7, 11) is -1.26. The van der Waals surface area contributed by atoms with E-state index in [2.05, 4.69) is 12.2 Å². The van der Waals surface area contributed by atoms with Gasteiger partial charge in [-0.2, -0.15) is 0 Å². The first kappa shape index (κ1) is 15.5. The summed E-state index contributed by atoms with van der Waals surface area (Å²) in [5.74, 6) is 1.32. The van der Waals surface area contributed by atoms with Gasteiger partial charge >= 0.3 is 0 Å². The fourth-order valence-electron chi connectivity index (χ4n) is 1.88. The summed E-state index contributed by atoms with van der Waals surface area (Å²) in [5.41, 5.74) is 1.18. The molecule has 5 heteroatoms. The highest BCUT2D eigenvalue weighted by atomic mass is 32.2. The van der Waals surface area contributed by atoms with Gasteiger partial charge in [0.05, 0.1) is 4.90 Å². The number of benzene rings is 2. The third kappa shape index (κ3) is 4.06. The standard InChI is InChI=1S/C16H19NO3S/c1-12(17-2)13-4-6-14(7-5-13)20-15-8-10-16(11-9-15)21(3,18)19/h4-12,17H,1-3H3. The Hall–Kier alpha value is -1.85. The van der Waals surface area contributed by atoms with Gasteiger partial charge in [0.1, 0.15) is 11.5 Å². The van der Waals surface area contributed by atoms with E-state index in [0.29, 0.717) is 11.5 Å². The largest absolute Gasteiger partial charge is 0.457 e. The van der Waals surface area contributed by atoms with Gasteiger partial charge in [0.25, 0.3) is 0 Å². The second kappa shape index (κ2) is 6.28. The smallest absolute Gasteiger partial charge is 0.175 e. The molecule has 2 aromatic rings. The average molecular weight is 305 g/mol. The van der Waals surface area contributed by atoms with E-state index >= 15 is 0 Å². The quantitative estimate of drug-likeness (QED) is 0.922. The van der Waals surface area contributed by atoms with Crippen molar-refractivity contribution in [3.63, 3.8) is 0 Å². The van der Waals surface area contributed by atoms with Crippen LogP contribution in [0.5, 0.6) is 11.5 Å². The van der Waals surface area contributed by atoms with E-state index < -0.39 is 9.84 Å². The highest BCUT2D eigenvalue weighted by Crippen LogP contribution is 2.24. The molecule has 0 saturated carbocycles. The van der Waals surface area contributed by atoms with E-state index in [1.807, 2.05) is 31.3 Å². The molecular weight excluding hydrogens is 286 g/mol. The minimum absolute atomic E-state index is 0.285. The Labute approximate surface area is 125 Å². The minimum Gasteiger partial charge on any atom is -0.457 e. The number of hydrogen-bond acceptors (Lipinski definition) is 4. The van der Waals surface area contributed by atoms with Gasteiger partial charge in [-0.1, -0.05) is 12.1 Å². The Morgan fingerprint density at radius 3 is 1.86 bits per heavy atom. The topological polar surface area (TPSA) is 55.4 Å². The molecule has 0 aliphatic carbocycles. The molecular formula is C16H19NO3S. The Bertz CT molecular complexity index is 691. The van der Waals surface area contributed by atoms with Crippen molar-refractivity contribution in [3.8, 4) is 11.5 Å². The predicted molar refractivity (Wildman–Crippen MR) is 83.5 cm³/mol. The Kier molecular flexibility index (Phi) is 4.65. The normalized spacial score (nSPS) is 12.9. The molecule has 0 fully saturated rings. The monoisotopic (exact) mass is 305 g/mol. The molecule has 0 heterocycles. The maximum Gasteiger partial charge on any atom is 0.175 e. The molecule has 0 spiro atoms. The molecule has 1 unspecified atom stereocenters. The SMILES string of the molecule is CNC(C)c1ccc(Oc2ccc(S(C)(=O)=O)cc2)cc1. The molecule has 0 aliphatic heterocycles. The van der Waals surface area contributed by atoms with Crippen LogP contribution in [0.4, 0.5) is 0 Å². The van der Waals surface area contributed by atoms with Crippen molar-refractivity contribution in [1.29, 1.82) is 0 Å². The molecule has 0 saturated heterocycles. The van der Waals surface area contributed by atoms with E-state index in [9.17, 15) is 8.42 Å². The van der Waals surface area contributed by atoms with Crippen LogP contribution in [-0.4, -0.2) is 21.7 Å². The third-order valence-corrected chi connectivity index (χ3v) is 4.43. The molecule has 0 aliphatic rings. The summed E-state index contributed by atoms with van der Waals surface area (Å²) in [6, 6.07) is 14.5. The van der Waals surface area contributed by atoms with Crippen molar-refractivity contribution < 1.29 is 13.2 Å². The number of nitrogens with one attached hydrogen (secondary N) is 1. The summed E-state index contributed by atoms with van der Waals surface area (Å²) >= 11 is 0. The number of ether oxygens (including phenoxy) is 1. The molecule has 21 heavy (non-hydrogen) atoms. The molecule has 1 atom stereocenters. The van der Waals surface area contributed by atoms with Crippen LogP contribution in [0.2, 0.25) is 0 Å². The van der Waals surface area contributed by atoms with E-state index in [4.69, 9.17) is 4.74 Å². The van der Waals surface area contributed by atoms with E-state index in [1.54, 1.807) is 24.3 Å². The fourth-order valence-corrected chi connectivity index (χ4v) is 2.51. The van der Waals surface area contributed by atoms with Crippen LogP contribution in [0.25, 0.3) is 0 Å². The molecule has 4 nitrogen and oxygen atoms in total. The van der Waals surface area contributed by atoms with Crippen LogP contribution in [0.3, 0.4) is 0 Å². The molecule has 1 N–H and O–H groups in total. The summed E-state index contributed by atoms with van der Waals surface area (Å²) in [6.45, 7) is 2.08. The van der Waals surface area contributed by atoms with Crippen LogP contribution in [0, 0.1) is 0 Å². The first-order valence-corrected chi connectivity index (χ1v) is 8.54. The molecule has 0 aromatic heterocycles. The van der Waals surface area contributed by atoms with E-state index in [0.717, 1.165) is 0 Å². The first-order chi connectivity index (χ1) is 9.90. The van der Waals surface area contributed by atoms with Gasteiger partial charge in [-0.15, -0.1) is 0 Å². The highest BCUT2D eigenvalue weighted by molar-refractivity contribution is 7.90. The Morgan fingerprint density at radius 1 is 0.952 bits per heavy atom. The summed E-state index contributed by atoms with van der Waals surface area (Å²) in [5, 5.41) is 3.17. The second-order valence-corrected chi connectivity index (χ2v) is 6.94.